The van der Waals surface area contributed by atoms with E-state index in [9.17, 15) is 9.59 Å². The summed E-state index contributed by atoms with van der Waals surface area (Å²) in [6, 6.07) is 14.8. The summed E-state index contributed by atoms with van der Waals surface area (Å²) in [7, 11) is 0. The van der Waals surface area contributed by atoms with Gasteiger partial charge < -0.3 is 9.73 Å². The molecule has 3 aromatic rings. The van der Waals surface area contributed by atoms with E-state index in [4.69, 9.17) is 4.42 Å². The number of amides is 2. The lowest BCUT2D eigenvalue weighted by Gasteiger charge is -2.13. The molecule has 0 aliphatic heterocycles. The number of aromatic nitrogens is 1. The molecule has 7 heteroatoms. The van der Waals surface area contributed by atoms with Crippen molar-refractivity contribution >= 4 is 17.5 Å². The number of carbonyl (C=O) groups excluding carboxylic acids is 2. The molecule has 2 amide bonds. The summed E-state index contributed by atoms with van der Waals surface area (Å²) in [5, 5.41) is 7.21. The Kier molecular flexibility index (Phi) is 5.70. The average Bonchev–Trinajstić information content (AvgIpc) is 3.14. The number of nitrogens with zero attached hydrogens (tertiary/aromatic N) is 2. The van der Waals surface area contributed by atoms with Crippen LogP contribution in [-0.2, 0) is 13.0 Å². The Morgan fingerprint density at radius 1 is 1.07 bits per heavy atom. The monoisotopic (exact) mass is 402 g/mol. The third-order valence-corrected chi connectivity index (χ3v) is 5.02. The minimum atomic E-state index is -0.378. The molecule has 7 nitrogen and oxygen atoms in total. The van der Waals surface area contributed by atoms with Gasteiger partial charge in [0.25, 0.3) is 11.8 Å². The zero-order chi connectivity index (χ0) is 20.9. The second-order valence-corrected chi connectivity index (χ2v) is 7.09. The minimum absolute atomic E-state index is 0.261. The number of carbonyl (C=O) groups is 2. The molecule has 0 atom stereocenters. The summed E-state index contributed by atoms with van der Waals surface area (Å²) >= 11 is 0. The zero-order valence-electron chi connectivity index (χ0n) is 16.6. The highest BCUT2D eigenvalue weighted by molar-refractivity contribution is 6.07. The number of hydrogen-bond acceptors (Lipinski definition) is 5. The van der Waals surface area contributed by atoms with Gasteiger partial charge in [0.15, 0.2) is 5.76 Å². The van der Waals surface area contributed by atoms with Gasteiger partial charge in [-0.15, -0.1) is 0 Å². The fraction of sp³-hybridized carbons (Fsp3) is 0.217. The highest BCUT2D eigenvalue weighted by Crippen LogP contribution is 2.29. The van der Waals surface area contributed by atoms with E-state index in [-0.39, 0.29) is 11.8 Å². The van der Waals surface area contributed by atoms with Crippen molar-refractivity contribution in [2.75, 3.05) is 0 Å². The number of aryl methyl sites for hydroxylation is 1. The molecule has 2 N–H and O–H groups in total. The van der Waals surface area contributed by atoms with Crippen LogP contribution < -0.4 is 10.7 Å². The van der Waals surface area contributed by atoms with Crippen molar-refractivity contribution < 1.29 is 14.0 Å². The van der Waals surface area contributed by atoms with Crippen LogP contribution in [0, 0.1) is 6.92 Å². The molecule has 1 aliphatic carbocycles. The number of rotatable bonds is 5. The molecule has 2 aromatic heterocycles. The molecule has 0 radical (unpaired) electrons. The second-order valence-electron chi connectivity index (χ2n) is 7.09. The van der Waals surface area contributed by atoms with E-state index in [0.29, 0.717) is 30.1 Å². The molecule has 0 saturated carbocycles. The van der Waals surface area contributed by atoms with Gasteiger partial charge in [-0.2, -0.15) is 5.10 Å². The van der Waals surface area contributed by atoms with Crippen LogP contribution in [-0.4, -0.2) is 22.5 Å². The molecule has 0 fully saturated rings. The van der Waals surface area contributed by atoms with E-state index in [1.165, 1.54) is 0 Å². The molecule has 1 aliphatic rings. The van der Waals surface area contributed by atoms with E-state index in [0.717, 1.165) is 35.3 Å². The molecule has 30 heavy (non-hydrogen) atoms. The SMILES string of the molecule is Cc1c(C(=O)NCc2ccccc2)oc2c1/C(=N/NC(=O)c1ccccn1)CCC2. The van der Waals surface area contributed by atoms with Gasteiger partial charge in [-0.3, -0.25) is 14.6 Å². The fourth-order valence-corrected chi connectivity index (χ4v) is 3.53. The first kappa shape index (κ1) is 19.6. The molecule has 0 unspecified atom stereocenters. The van der Waals surface area contributed by atoms with Crippen molar-refractivity contribution in [3.63, 3.8) is 0 Å². The maximum Gasteiger partial charge on any atom is 0.289 e. The Balaban J connectivity index is 1.51. The first-order valence-corrected chi connectivity index (χ1v) is 9.86. The Hall–Kier alpha value is -3.74. The number of nitrogens with one attached hydrogen (secondary N) is 2. The van der Waals surface area contributed by atoms with Crippen molar-refractivity contribution in [3.8, 4) is 0 Å². The summed E-state index contributed by atoms with van der Waals surface area (Å²) in [5.74, 6) is 0.385. The number of benzene rings is 1. The summed E-state index contributed by atoms with van der Waals surface area (Å²) in [5.41, 5.74) is 6.14. The average molecular weight is 402 g/mol. The van der Waals surface area contributed by atoms with Crippen molar-refractivity contribution in [2.45, 2.75) is 32.7 Å². The zero-order valence-corrected chi connectivity index (χ0v) is 16.6. The van der Waals surface area contributed by atoms with Gasteiger partial charge in [0.1, 0.15) is 11.5 Å². The second kappa shape index (κ2) is 8.73. The number of pyridine rings is 1. The summed E-state index contributed by atoms with van der Waals surface area (Å²) < 4.78 is 5.89. The van der Waals surface area contributed by atoms with Crippen molar-refractivity contribution in [1.29, 1.82) is 0 Å². The Morgan fingerprint density at radius 2 is 1.87 bits per heavy atom. The van der Waals surface area contributed by atoms with E-state index >= 15 is 0 Å². The lowest BCUT2D eigenvalue weighted by atomic mass is 9.93. The van der Waals surface area contributed by atoms with Crippen LogP contribution in [0.25, 0.3) is 0 Å². The minimum Gasteiger partial charge on any atom is -0.455 e. The summed E-state index contributed by atoms with van der Waals surface area (Å²) in [6.45, 7) is 2.27. The molecule has 2 heterocycles. The van der Waals surface area contributed by atoms with Crippen LogP contribution in [0.4, 0.5) is 0 Å². The molecule has 0 spiro atoms. The van der Waals surface area contributed by atoms with E-state index < -0.39 is 0 Å². The van der Waals surface area contributed by atoms with E-state index in [1.54, 1.807) is 24.4 Å². The number of hydrazone groups is 1. The lowest BCUT2D eigenvalue weighted by molar-refractivity contribution is 0.0918. The van der Waals surface area contributed by atoms with Crippen LogP contribution in [0.15, 0.2) is 64.2 Å². The summed E-state index contributed by atoms with van der Waals surface area (Å²) in [4.78, 5) is 29.0. The van der Waals surface area contributed by atoms with Crippen molar-refractivity contribution in [3.05, 3.63) is 88.6 Å². The van der Waals surface area contributed by atoms with Gasteiger partial charge >= 0.3 is 0 Å². The highest BCUT2D eigenvalue weighted by atomic mass is 16.4. The maximum atomic E-state index is 12.7. The maximum absolute atomic E-state index is 12.7. The first-order chi connectivity index (χ1) is 14.6. The molecule has 152 valence electrons. The number of fused-ring (bicyclic) bond motifs is 1. The standard InChI is InChI=1S/C23H22N4O3/c1-15-20-17(26-27-22(28)18-10-5-6-13-24-18)11-7-12-19(20)30-21(15)23(29)25-14-16-8-3-2-4-9-16/h2-6,8-10,13H,7,11-12,14H2,1H3,(H,25,29)(H,27,28)/b26-17+. The van der Waals surface area contributed by atoms with E-state index in [2.05, 4.69) is 20.8 Å². The Morgan fingerprint density at radius 3 is 2.63 bits per heavy atom. The topological polar surface area (TPSA) is 96.6 Å². The predicted octanol–water partition coefficient (Wildman–Crippen LogP) is 3.38. The van der Waals surface area contributed by atoms with Crippen LogP contribution >= 0.6 is 0 Å². The van der Waals surface area contributed by atoms with Crippen LogP contribution in [0.2, 0.25) is 0 Å². The molecular formula is C23H22N4O3. The van der Waals surface area contributed by atoms with Gasteiger partial charge in [0.05, 0.1) is 5.71 Å². The number of furan rings is 1. The van der Waals surface area contributed by atoms with Crippen LogP contribution in [0.1, 0.15) is 56.3 Å². The highest BCUT2D eigenvalue weighted by Gasteiger charge is 2.28. The quantitative estimate of drug-likeness (QED) is 0.640. The van der Waals surface area contributed by atoms with Gasteiger partial charge in [0.2, 0.25) is 0 Å². The molecule has 0 saturated heterocycles. The molecule has 0 bridgehead atoms. The smallest absolute Gasteiger partial charge is 0.289 e. The van der Waals surface area contributed by atoms with Gasteiger partial charge in [0, 0.05) is 30.3 Å². The Bertz CT molecular complexity index is 1090. The molecule has 4 rings (SSSR count). The first-order valence-electron chi connectivity index (χ1n) is 9.86. The van der Waals surface area contributed by atoms with Gasteiger partial charge in [-0.05, 0) is 37.5 Å². The predicted molar refractivity (Wildman–Crippen MR) is 112 cm³/mol. The van der Waals surface area contributed by atoms with Gasteiger partial charge in [-0.25, -0.2) is 5.43 Å². The van der Waals surface area contributed by atoms with Crippen molar-refractivity contribution in [2.24, 2.45) is 5.10 Å². The number of hydrogen-bond donors (Lipinski definition) is 2. The van der Waals surface area contributed by atoms with Gasteiger partial charge in [-0.1, -0.05) is 36.4 Å². The molecule has 1 aromatic carbocycles. The third-order valence-electron chi connectivity index (χ3n) is 5.02. The third kappa shape index (κ3) is 4.15. The van der Waals surface area contributed by atoms with E-state index in [1.807, 2.05) is 37.3 Å². The normalized spacial score (nSPS) is 14.2. The Labute approximate surface area is 174 Å². The molecular weight excluding hydrogens is 380 g/mol. The lowest BCUT2D eigenvalue weighted by Crippen LogP contribution is -2.24. The van der Waals surface area contributed by atoms with Crippen molar-refractivity contribution in [1.82, 2.24) is 15.7 Å². The van der Waals surface area contributed by atoms with Crippen LogP contribution in [0.3, 0.4) is 0 Å². The summed E-state index contributed by atoms with van der Waals surface area (Å²) in [6.07, 6.45) is 3.82. The largest absolute Gasteiger partial charge is 0.455 e. The fourth-order valence-electron chi connectivity index (χ4n) is 3.53. The van der Waals surface area contributed by atoms with Crippen LogP contribution in [0.5, 0.6) is 0 Å².